The highest BCUT2D eigenvalue weighted by molar-refractivity contribution is 9.10. The third-order valence-corrected chi connectivity index (χ3v) is 10.8. The first-order chi connectivity index (χ1) is 9.73. The van der Waals surface area contributed by atoms with E-state index in [1.165, 1.54) is 21.8 Å². The van der Waals surface area contributed by atoms with E-state index in [0.29, 0.717) is 5.04 Å². The van der Waals surface area contributed by atoms with Gasteiger partial charge < -0.3 is 4.23 Å². The Morgan fingerprint density at radius 2 is 1.52 bits per heavy atom. The highest BCUT2D eigenvalue weighted by Gasteiger charge is 2.39. The number of para-hydroxylation sites is 1. The first-order valence-electron chi connectivity index (χ1n) is 7.43. The van der Waals surface area contributed by atoms with Crippen LogP contribution in [0.3, 0.4) is 0 Å². The van der Waals surface area contributed by atoms with Crippen LogP contribution < -0.4 is 0 Å². The zero-order valence-corrected chi connectivity index (χ0v) is 16.0. The van der Waals surface area contributed by atoms with Crippen LogP contribution in [0.25, 0.3) is 21.8 Å². The molecule has 0 fully saturated rings. The summed E-state index contributed by atoms with van der Waals surface area (Å²) in [6, 6.07) is 15.5. The van der Waals surface area contributed by atoms with E-state index in [2.05, 4.69) is 96.5 Å². The SMILES string of the molecule is CC(C)(C)[Si](C)(C)n1c2ccccc2c2cc(Br)ccc21. The van der Waals surface area contributed by atoms with E-state index in [0.717, 1.165) is 4.47 Å². The maximum Gasteiger partial charge on any atom is 0.161 e. The van der Waals surface area contributed by atoms with Crippen LogP contribution >= 0.6 is 15.9 Å². The fourth-order valence-corrected chi connectivity index (χ4v) is 5.51. The molecule has 0 radical (unpaired) electrons. The molecule has 3 heteroatoms. The number of halogens is 1. The average molecular weight is 360 g/mol. The molecule has 0 bridgehead atoms. The zero-order chi connectivity index (χ0) is 15.4. The lowest BCUT2D eigenvalue weighted by Gasteiger charge is -2.39. The molecule has 0 saturated heterocycles. The van der Waals surface area contributed by atoms with Gasteiger partial charge in [0.15, 0.2) is 8.24 Å². The molecule has 0 amide bonds. The van der Waals surface area contributed by atoms with Crippen LogP contribution in [0.2, 0.25) is 18.1 Å². The maximum atomic E-state index is 3.62. The van der Waals surface area contributed by atoms with Crippen LogP contribution in [0.5, 0.6) is 0 Å². The second-order valence-corrected chi connectivity index (χ2v) is 13.3. The fourth-order valence-electron chi connectivity index (χ4n) is 2.88. The van der Waals surface area contributed by atoms with Crippen molar-refractivity contribution in [2.45, 2.75) is 38.9 Å². The maximum absolute atomic E-state index is 3.62. The molecule has 1 aromatic heterocycles. The van der Waals surface area contributed by atoms with Crippen molar-refractivity contribution in [3.8, 4) is 0 Å². The van der Waals surface area contributed by atoms with Crippen LogP contribution in [-0.2, 0) is 0 Å². The van der Waals surface area contributed by atoms with E-state index in [1.54, 1.807) is 0 Å². The molecule has 0 saturated carbocycles. The van der Waals surface area contributed by atoms with E-state index in [1.807, 2.05) is 0 Å². The lowest BCUT2D eigenvalue weighted by Crippen LogP contribution is -2.45. The van der Waals surface area contributed by atoms with Crippen molar-refractivity contribution >= 4 is 46.0 Å². The summed E-state index contributed by atoms with van der Waals surface area (Å²) in [6.45, 7) is 12.1. The minimum absolute atomic E-state index is 0.300. The van der Waals surface area contributed by atoms with Gasteiger partial charge >= 0.3 is 0 Å². The van der Waals surface area contributed by atoms with Gasteiger partial charge in [-0.05, 0) is 29.3 Å². The third kappa shape index (κ3) is 2.18. The normalized spacial score (nSPS) is 13.2. The molecule has 21 heavy (non-hydrogen) atoms. The summed E-state index contributed by atoms with van der Waals surface area (Å²) < 4.78 is 3.79. The van der Waals surface area contributed by atoms with Crippen molar-refractivity contribution < 1.29 is 0 Å². The summed E-state index contributed by atoms with van der Waals surface area (Å²) in [6.07, 6.45) is 0. The smallest absolute Gasteiger partial charge is 0.161 e. The largest absolute Gasteiger partial charge is 0.368 e. The summed E-state index contributed by atoms with van der Waals surface area (Å²) >= 11 is 3.62. The highest BCUT2D eigenvalue weighted by Crippen LogP contribution is 2.42. The van der Waals surface area contributed by atoms with Crippen molar-refractivity contribution in [2.24, 2.45) is 0 Å². The van der Waals surface area contributed by atoms with Gasteiger partial charge in [0.1, 0.15) is 0 Å². The van der Waals surface area contributed by atoms with Crippen LogP contribution in [-0.4, -0.2) is 12.5 Å². The molecule has 0 atom stereocenters. The van der Waals surface area contributed by atoms with Gasteiger partial charge in [0, 0.05) is 26.3 Å². The zero-order valence-electron chi connectivity index (χ0n) is 13.4. The van der Waals surface area contributed by atoms with Gasteiger partial charge in [-0.3, -0.25) is 0 Å². The topological polar surface area (TPSA) is 4.93 Å². The molecule has 0 aliphatic carbocycles. The van der Waals surface area contributed by atoms with Crippen molar-refractivity contribution in [1.29, 1.82) is 0 Å². The number of aromatic nitrogens is 1. The Morgan fingerprint density at radius 3 is 2.19 bits per heavy atom. The predicted octanol–water partition coefficient (Wildman–Crippen LogP) is 6.41. The lowest BCUT2D eigenvalue weighted by atomic mass is 10.2. The summed E-state index contributed by atoms with van der Waals surface area (Å²) in [7, 11) is -1.67. The summed E-state index contributed by atoms with van der Waals surface area (Å²) in [5, 5.41) is 3.01. The number of fused-ring (bicyclic) bond motifs is 3. The number of benzene rings is 2. The minimum Gasteiger partial charge on any atom is -0.368 e. The van der Waals surface area contributed by atoms with Gasteiger partial charge in [-0.25, -0.2) is 0 Å². The van der Waals surface area contributed by atoms with E-state index in [4.69, 9.17) is 0 Å². The molecule has 3 rings (SSSR count). The lowest BCUT2D eigenvalue weighted by molar-refractivity contribution is 0.706. The van der Waals surface area contributed by atoms with Crippen molar-refractivity contribution in [2.75, 3.05) is 0 Å². The average Bonchev–Trinajstić information content (AvgIpc) is 2.72. The van der Waals surface area contributed by atoms with Gasteiger partial charge in [-0.1, -0.05) is 68.0 Å². The molecule has 2 aromatic carbocycles. The summed E-state index contributed by atoms with van der Waals surface area (Å²) in [4.78, 5) is 0. The van der Waals surface area contributed by atoms with Gasteiger partial charge in [0.25, 0.3) is 0 Å². The molecule has 110 valence electrons. The van der Waals surface area contributed by atoms with Crippen LogP contribution in [0.15, 0.2) is 46.9 Å². The van der Waals surface area contributed by atoms with E-state index < -0.39 is 8.24 Å². The first-order valence-corrected chi connectivity index (χ1v) is 11.2. The third-order valence-electron chi connectivity index (χ3n) is 5.03. The fraction of sp³-hybridized carbons (Fsp3) is 0.333. The van der Waals surface area contributed by atoms with Crippen LogP contribution in [0.4, 0.5) is 0 Å². The van der Waals surface area contributed by atoms with E-state index >= 15 is 0 Å². The van der Waals surface area contributed by atoms with Crippen molar-refractivity contribution in [3.63, 3.8) is 0 Å². The molecule has 0 unspecified atom stereocenters. The number of hydrogen-bond acceptors (Lipinski definition) is 0. The van der Waals surface area contributed by atoms with E-state index in [-0.39, 0.29) is 0 Å². The summed E-state index contributed by atoms with van der Waals surface area (Å²) in [5.41, 5.74) is 2.74. The van der Waals surface area contributed by atoms with Gasteiger partial charge in [-0.15, -0.1) is 0 Å². The molecule has 3 aromatic rings. The number of rotatable bonds is 1. The molecule has 1 nitrogen and oxygen atoms in total. The predicted molar refractivity (Wildman–Crippen MR) is 99.7 cm³/mol. The molecule has 0 aliphatic rings. The van der Waals surface area contributed by atoms with Gasteiger partial charge in [0.05, 0.1) is 0 Å². The Labute approximate surface area is 136 Å². The number of nitrogens with zero attached hydrogens (tertiary/aromatic N) is 1. The van der Waals surface area contributed by atoms with Crippen molar-refractivity contribution in [3.05, 3.63) is 46.9 Å². The highest BCUT2D eigenvalue weighted by atomic mass is 79.9. The quantitative estimate of drug-likeness (QED) is 0.442. The molecule has 0 N–H and O–H groups in total. The standard InChI is InChI=1S/C18H22BrNSi/c1-18(2,3)21(4,5)20-16-9-7-6-8-14(16)15-12-13(19)10-11-17(15)20/h6-12H,1-5H3. The van der Waals surface area contributed by atoms with Gasteiger partial charge in [0.2, 0.25) is 0 Å². The Bertz CT molecular complexity index is 824. The molecule has 1 heterocycles. The minimum atomic E-state index is -1.67. The Balaban J connectivity index is 2.51. The monoisotopic (exact) mass is 359 g/mol. The molecule has 0 spiro atoms. The van der Waals surface area contributed by atoms with Gasteiger partial charge in [-0.2, -0.15) is 0 Å². The second-order valence-electron chi connectivity index (χ2n) is 7.32. The number of hydrogen-bond donors (Lipinski definition) is 0. The molecule has 0 aliphatic heterocycles. The van der Waals surface area contributed by atoms with Crippen LogP contribution in [0, 0.1) is 0 Å². The Morgan fingerprint density at radius 1 is 0.905 bits per heavy atom. The molecular formula is C18H22BrNSi. The van der Waals surface area contributed by atoms with Crippen molar-refractivity contribution in [1.82, 2.24) is 4.23 Å². The Kier molecular flexibility index (Phi) is 3.34. The van der Waals surface area contributed by atoms with E-state index in [9.17, 15) is 0 Å². The summed E-state index contributed by atoms with van der Waals surface area (Å²) in [5.74, 6) is 0. The second kappa shape index (κ2) is 4.72. The first kappa shape index (κ1) is 14.9. The molecular weight excluding hydrogens is 338 g/mol. The Hall–Kier alpha value is -1.06. The van der Waals surface area contributed by atoms with Crippen LogP contribution in [0.1, 0.15) is 20.8 Å².